The van der Waals surface area contributed by atoms with E-state index in [9.17, 15) is 40.9 Å². The standard InChI is InChI=1S/C26H19BO8/c27-18-15(14-12-7-3-1-5-10(12)9-11-6-2-4-8-13(11)14)20(29)21(30)16(19(18)28)17-22(31)24(33)26(35)25(34)23(17)32/h1-8,10,28-35H,9H2. The van der Waals surface area contributed by atoms with Gasteiger partial charge in [0.2, 0.25) is 17.2 Å². The number of aromatic hydroxyl groups is 8. The second-order valence-corrected chi connectivity index (χ2v) is 8.37. The van der Waals surface area contributed by atoms with E-state index >= 15 is 0 Å². The summed E-state index contributed by atoms with van der Waals surface area (Å²) in [5.74, 6) is -8.62. The minimum Gasteiger partial charge on any atom is -0.508 e. The molecule has 35 heavy (non-hydrogen) atoms. The Kier molecular flexibility index (Phi) is 4.87. The molecule has 1 atom stereocenters. The molecule has 0 aliphatic heterocycles. The third kappa shape index (κ3) is 3.01. The summed E-state index contributed by atoms with van der Waals surface area (Å²) in [6.45, 7) is 0. The van der Waals surface area contributed by atoms with Crippen molar-refractivity contribution in [3.05, 3.63) is 70.8 Å². The summed E-state index contributed by atoms with van der Waals surface area (Å²) in [6, 6.07) is 7.44. The topological polar surface area (TPSA) is 162 Å². The number of rotatable bonds is 2. The van der Waals surface area contributed by atoms with Gasteiger partial charge in [0, 0.05) is 11.5 Å². The van der Waals surface area contributed by atoms with Gasteiger partial charge >= 0.3 is 0 Å². The van der Waals surface area contributed by atoms with Crippen LogP contribution in [0.3, 0.4) is 0 Å². The van der Waals surface area contributed by atoms with Crippen LogP contribution in [-0.2, 0) is 6.42 Å². The molecule has 0 saturated carbocycles. The molecule has 0 saturated heterocycles. The van der Waals surface area contributed by atoms with Gasteiger partial charge in [0.1, 0.15) is 13.6 Å². The van der Waals surface area contributed by atoms with Gasteiger partial charge in [0.15, 0.2) is 23.0 Å². The second-order valence-electron chi connectivity index (χ2n) is 8.37. The third-order valence-electron chi connectivity index (χ3n) is 6.47. The minimum absolute atomic E-state index is 0.0493. The lowest BCUT2D eigenvalue weighted by Gasteiger charge is -2.31. The molecule has 2 aliphatic carbocycles. The molecule has 3 aromatic rings. The van der Waals surface area contributed by atoms with Gasteiger partial charge in [-0.15, -0.1) is 0 Å². The van der Waals surface area contributed by atoms with Crippen molar-refractivity contribution in [2.75, 3.05) is 0 Å². The van der Waals surface area contributed by atoms with Crippen LogP contribution in [0.25, 0.3) is 16.7 Å². The number of phenols is 8. The SMILES string of the molecule is [B]c1c(O)c(-c2c(O)c(O)c(O)c(O)c2O)c(O)c(O)c1C1=C2C=CC=CC2Cc2ccccc21. The van der Waals surface area contributed by atoms with Crippen LogP contribution < -0.4 is 5.46 Å². The first-order valence-electron chi connectivity index (χ1n) is 10.6. The summed E-state index contributed by atoms with van der Waals surface area (Å²) in [7, 11) is 6.27. The van der Waals surface area contributed by atoms with Gasteiger partial charge < -0.3 is 40.9 Å². The molecule has 0 bridgehead atoms. The van der Waals surface area contributed by atoms with Gasteiger partial charge in [0.05, 0.1) is 11.1 Å². The maximum absolute atomic E-state index is 11.1. The fraction of sp³-hybridized carbons (Fsp3) is 0.0769. The maximum atomic E-state index is 11.1. The molecule has 9 heteroatoms. The van der Waals surface area contributed by atoms with E-state index in [1.54, 1.807) is 0 Å². The highest BCUT2D eigenvalue weighted by Crippen LogP contribution is 2.59. The fourth-order valence-electron chi connectivity index (χ4n) is 4.79. The largest absolute Gasteiger partial charge is 0.508 e. The average Bonchev–Trinajstić information content (AvgIpc) is 2.86. The van der Waals surface area contributed by atoms with Crippen LogP contribution >= 0.6 is 0 Å². The molecule has 8 N–H and O–H groups in total. The van der Waals surface area contributed by atoms with E-state index in [0.717, 1.165) is 16.7 Å². The zero-order chi connectivity index (χ0) is 25.2. The average molecular weight is 470 g/mol. The van der Waals surface area contributed by atoms with Crippen LogP contribution in [0.2, 0.25) is 0 Å². The van der Waals surface area contributed by atoms with Crippen LogP contribution in [0.4, 0.5) is 0 Å². The van der Waals surface area contributed by atoms with E-state index < -0.39 is 57.1 Å². The molecule has 3 aromatic carbocycles. The van der Waals surface area contributed by atoms with E-state index in [-0.39, 0.29) is 16.9 Å². The van der Waals surface area contributed by atoms with Crippen molar-refractivity contribution in [2.45, 2.75) is 6.42 Å². The lowest BCUT2D eigenvalue weighted by Crippen LogP contribution is -2.20. The van der Waals surface area contributed by atoms with Gasteiger partial charge in [0.25, 0.3) is 0 Å². The molecule has 0 spiro atoms. The molecule has 0 fully saturated rings. The minimum atomic E-state index is -1.22. The Morgan fingerprint density at radius 3 is 1.86 bits per heavy atom. The van der Waals surface area contributed by atoms with Crippen molar-refractivity contribution < 1.29 is 40.9 Å². The molecule has 0 heterocycles. The first-order chi connectivity index (χ1) is 16.6. The lowest BCUT2D eigenvalue weighted by atomic mass is 9.71. The molecular weight excluding hydrogens is 451 g/mol. The molecule has 8 nitrogen and oxygen atoms in total. The Bertz CT molecular complexity index is 1460. The van der Waals surface area contributed by atoms with E-state index in [0.29, 0.717) is 12.0 Å². The summed E-state index contributed by atoms with van der Waals surface area (Å²) < 4.78 is 0. The van der Waals surface area contributed by atoms with Crippen LogP contribution in [-0.4, -0.2) is 48.7 Å². The lowest BCUT2D eigenvalue weighted by molar-refractivity contribution is 0.329. The number of phenolic OH excluding ortho intramolecular Hbond substituents is 8. The molecule has 5 rings (SSSR count). The highest BCUT2D eigenvalue weighted by molar-refractivity contribution is 6.38. The first kappa shape index (κ1) is 22.2. The first-order valence-corrected chi connectivity index (χ1v) is 10.6. The van der Waals surface area contributed by atoms with Crippen molar-refractivity contribution >= 4 is 18.9 Å². The predicted molar refractivity (Wildman–Crippen MR) is 129 cm³/mol. The molecule has 2 aliphatic rings. The van der Waals surface area contributed by atoms with Gasteiger partial charge in [-0.3, -0.25) is 0 Å². The summed E-state index contributed by atoms with van der Waals surface area (Å²) in [4.78, 5) is 0. The van der Waals surface area contributed by atoms with E-state index in [1.807, 2.05) is 48.6 Å². The highest BCUT2D eigenvalue weighted by Gasteiger charge is 2.34. The van der Waals surface area contributed by atoms with Crippen molar-refractivity contribution in [1.29, 1.82) is 0 Å². The zero-order valence-electron chi connectivity index (χ0n) is 18.1. The van der Waals surface area contributed by atoms with Crippen molar-refractivity contribution in [2.24, 2.45) is 5.92 Å². The summed E-state index contributed by atoms with van der Waals surface area (Å²) in [5, 5.41) is 83.2. The van der Waals surface area contributed by atoms with Gasteiger partial charge in [-0.1, -0.05) is 48.6 Å². The van der Waals surface area contributed by atoms with E-state index in [4.69, 9.17) is 7.85 Å². The van der Waals surface area contributed by atoms with Gasteiger partial charge in [-0.2, -0.15) is 0 Å². The normalized spacial score (nSPS) is 16.3. The Morgan fingerprint density at radius 1 is 0.629 bits per heavy atom. The highest BCUT2D eigenvalue weighted by atomic mass is 16.4. The molecule has 0 aromatic heterocycles. The predicted octanol–water partition coefficient (Wildman–Crippen LogP) is 2.89. The smallest absolute Gasteiger partial charge is 0.208 e. The quantitative estimate of drug-likeness (QED) is 0.161. The number of fused-ring (bicyclic) bond motifs is 2. The Balaban J connectivity index is 1.86. The molecular formula is C26H19BO8. The fourth-order valence-corrected chi connectivity index (χ4v) is 4.79. The Labute approximate surface area is 200 Å². The second kappa shape index (κ2) is 7.70. The third-order valence-corrected chi connectivity index (χ3v) is 6.47. The van der Waals surface area contributed by atoms with E-state index in [2.05, 4.69) is 0 Å². The molecule has 1 unspecified atom stereocenters. The van der Waals surface area contributed by atoms with Crippen molar-refractivity contribution in [3.8, 4) is 57.1 Å². The van der Waals surface area contributed by atoms with Crippen LogP contribution in [0.15, 0.2) is 54.1 Å². The number of hydrogen-bond acceptors (Lipinski definition) is 8. The zero-order valence-corrected chi connectivity index (χ0v) is 18.1. The van der Waals surface area contributed by atoms with Gasteiger partial charge in [-0.25, -0.2) is 0 Å². The Hall–Kier alpha value is -4.66. The van der Waals surface area contributed by atoms with Crippen molar-refractivity contribution in [1.82, 2.24) is 0 Å². The molecule has 0 amide bonds. The van der Waals surface area contributed by atoms with Crippen molar-refractivity contribution in [3.63, 3.8) is 0 Å². The van der Waals surface area contributed by atoms with E-state index in [1.165, 1.54) is 0 Å². The molecule has 174 valence electrons. The molecule has 2 radical (unpaired) electrons. The van der Waals surface area contributed by atoms with Crippen LogP contribution in [0.1, 0.15) is 16.7 Å². The van der Waals surface area contributed by atoms with Gasteiger partial charge in [-0.05, 0) is 34.2 Å². The Morgan fingerprint density at radius 2 is 1.17 bits per heavy atom. The van der Waals surface area contributed by atoms with Crippen LogP contribution in [0, 0.1) is 5.92 Å². The summed E-state index contributed by atoms with van der Waals surface area (Å²) in [6.07, 6.45) is 8.25. The number of hydrogen-bond donors (Lipinski definition) is 8. The monoisotopic (exact) mass is 470 g/mol. The maximum Gasteiger partial charge on any atom is 0.208 e. The summed E-state index contributed by atoms with van der Waals surface area (Å²) in [5.41, 5.74) is 0.916. The van der Waals surface area contributed by atoms with Crippen LogP contribution in [0.5, 0.6) is 46.0 Å². The summed E-state index contributed by atoms with van der Waals surface area (Å²) >= 11 is 0. The number of benzene rings is 3. The number of allylic oxidation sites excluding steroid dienone is 5.